The zero-order valence-electron chi connectivity index (χ0n) is 5.00. The monoisotopic (exact) mass is 137 g/mol. The lowest BCUT2D eigenvalue weighted by Crippen LogP contribution is -1.94. The number of nitrogen functional groups attached to an aromatic ring is 1. The lowest BCUT2D eigenvalue weighted by atomic mass is 10.3. The Morgan fingerprint density at radius 2 is 2.30 bits per heavy atom. The van der Waals surface area contributed by atoms with Gasteiger partial charge in [-0.1, -0.05) is 0 Å². The van der Waals surface area contributed by atoms with Crippen molar-refractivity contribution in [1.82, 2.24) is 4.98 Å². The molecule has 50 valence electrons. The summed E-state index contributed by atoms with van der Waals surface area (Å²) >= 11 is 0. The molecule has 0 bridgehead atoms. The number of hydrogen-bond donors (Lipinski definition) is 1. The molecule has 4 heteroatoms. The second-order valence-corrected chi connectivity index (χ2v) is 1.68. The van der Waals surface area contributed by atoms with Gasteiger partial charge in [0.15, 0.2) is 11.5 Å². The molecule has 1 heterocycles. The van der Waals surface area contributed by atoms with Crippen LogP contribution in [0.15, 0.2) is 12.1 Å². The van der Waals surface area contributed by atoms with E-state index in [0.29, 0.717) is 0 Å². The van der Waals surface area contributed by atoms with Crippen LogP contribution in [0.5, 0.6) is 0 Å². The Balaban J connectivity index is 3.25. The summed E-state index contributed by atoms with van der Waals surface area (Å²) in [6.07, 6.45) is 0. The van der Waals surface area contributed by atoms with Gasteiger partial charge in [0.2, 0.25) is 0 Å². The normalized spacial score (nSPS) is 8.80. The van der Waals surface area contributed by atoms with E-state index in [9.17, 15) is 4.39 Å². The molecule has 1 aromatic heterocycles. The minimum Gasteiger partial charge on any atom is -0.384 e. The summed E-state index contributed by atoms with van der Waals surface area (Å²) in [5, 5.41) is 8.23. The van der Waals surface area contributed by atoms with Gasteiger partial charge in [0.25, 0.3) is 0 Å². The number of pyridine rings is 1. The fraction of sp³-hybridized carbons (Fsp3) is 0. The van der Waals surface area contributed by atoms with Gasteiger partial charge in [-0.15, -0.1) is 0 Å². The summed E-state index contributed by atoms with van der Waals surface area (Å²) in [5.41, 5.74) is 4.91. The molecule has 1 aromatic rings. The molecule has 0 atom stereocenters. The molecular formula is C6H4FN3. The number of hydrogen-bond acceptors (Lipinski definition) is 3. The largest absolute Gasteiger partial charge is 0.384 e. The molecule has 0 saturated heterocycles. The first-order valence-corrected chi connectivity index (χ1v) is 2.56. The number of nitriles is 1. The van der Waals surface area contributed by atoms with E-state index >= 15 is 0 Å². The molecule has 0 amide bonds. The number of nitrogens with zero attached hydrogens (tertiary/aromatic N) is 2. The van der Waals surface area contributed by atoms with Crippen LogP contribution in [0.1, 0.15) is 5.69 Å². The minimum atomic E-state index is -0.642. The van der Waals surface area contributed by atoms with Gasteiger partial charge in [-0.2, -0.15) is 5.26 Å². The minimum absolute atomic E-state index is 0.151. The molecule has 0 unspecified atom stereocenters. The van der Waals surface area contributed by atoms with E-state index in [2.05, 4.69) is 4.98 Å². The maximum Gasteiger partial charge on any atom is 0.178 e. The third kappa shape index (κ3) is 1.03. The van der Waals surface area contributed by atoms with E-state index in [-0.39, 0.29) is 11.5 Å². The Labute approximate surface area is 56.9 Å². The summed E-state index contributed by atoms with van der Waals surface area (Å²) in [7, 11) is 0. The topological polar surface area (TPSA) is 62.7 Å². The SMILES string of the molecule is N#Cc1nc(N)ccc1F. The summed E-state index contributed by atoms with van der Waals surface area (Å²) in [5.74, 6) is -0.491. The van der Waals surface area contributed by atoms with E-state index in [1.807, 2.05) is 0 Å². The van der Waals surface area contributed by atoms with Crippen LogP contribution in [0.2, 0.25) is 0 Å². The van der Waals surface area contributed by atoms with E-state index in [1.165, 1.54) is 6.07 Å². The maximum atomic E-state index is 12.4. The molecule has 3 nitrogen and oxygen atoms in total. The van der Waals surface area contributed by atoms with E-state index in [4.69, 9.17) is 11.0 Å². The van der Waals surface area contributed by atoms with Crippen LogP contribution in [-0.4, -0.2) is 4.98 Å². The highest BCUT2D eigenvalue weighted by Gasteiger charge is 2.00. The zero-order valence-corrected chi connectivity index (χ0v) is 5.00. The van der Waals surface area contributed by atoms with Gasteiger partial charge in [0, 0.05) is 0 Å². The van der Waals surface area contributed by atoms with Gasteiger partial charge in [-0.25, -0.2) is 9.37 Å². The van der Waals surface area contributed by atoms with Crippen molar-refractivity contribution in [2.75, 3.05) is 5.73 Å². The molecule has 0 aliphatic rings. The van der Waals surface area contributed by atoms with Crippen molar-refractivity contribution >= 4 is 5.82 Å². The van der Waals surface area contributed by atoms with E-state index in [1.54, 1.807) is 6.07 Å². The maximum absolute atomic E-state index is 12.4. The van der Waals surface area contributed by atoms with Crippen molar-refractivity contribution in [3.05, 3.63) is 23.6 Å². The van der Waals surface area contributed by atoms with Crippen molar-refractivity contribution in [1.29, 1.82) is 5.26 Å². The Kier molecular flexibility index (Phi) is 1.50. The van der Waals surface area contributed by atoms with Gasteiger partial charge in [-0.05, 0) is 12.1 Å². The molecule has 10 heavy (non-hydrogen) atoms. The molecule has 1 rings (SSSR count). The molecule has 0 aromatic carbocycles. The Hall–Kier alpha value is -1.63. The molecule has 0 aliphatic carbocycles. The first-order valence-electron chi connectivity index (χ1n) is 2.56. The average molecular weight is 137 g/mol. The predicted octanol–water partition coefficient (Wildman–Crippen LogP) is 0.675. The Morgan fingerprint density at radius 1 is 1.60 bits per heavy atom. The first-order chi connectivity index (χ1) is 4.74. The third-order valence-corrected chi connectivity index (χ3v) is 0.973. The second kappa shape index (κ2) is 2.31. The van der Waals surface area contributed by atoms with Crippen molar-refractivity contribution in [2.24, 2.45) is 0 Å². The smallest absolute Gasteiger partial charge is 0.178 e. The highest BCUT2D eigenvalue weighted by Crippen LogP contribution is 2.04. The van der Waals surface area contributed by atoms with Gasteiger partial charge in [0.05, 0.1) is 0 Å². The second-order valence-electron chi connectivity index (χ2n) is 1.68. The van der Waals surface area contributed by atoms with Crippen molar-refractivity contribution in [3.63, 3.8) is 0 Å². The molecule has 0 spiro atoms. The van der Waals surface area contributed by atoms with Crippen LogP contribution in [0, 0.1) is 17.1 Å². The number of anilines is 1. The van der Waals surface area contributed by atoms with Crippen LogP contribution < -0.4 is 5.73 Å². The van der Waals surface area contributed by atoms with E-state index in [0.717, 1.165) is 6.07 Å². The average Bonchev–Trinajstić information content (AvgIpc) is 1.94. The fourth-order valence-corrected chi connectivity index (χ4v) is 0.536. The van der Waals surface area contributed by atoms with Gasteiger partial charge >= 0.3 is 0 Å². The van der Waals surface area contributed by atoms with Crippen LogP contribution in [0.4, 0.5) is 10.2 Å². The summed E-state index contributed by atoms with van der Waals surface area (Å²) < 4.78 is 12.4. The Morgan fingerprint density at radius 3 is 2.80 bits per heavy atom. The van der Waals surface area contributed by atoms with Gasteiger partial charge in [-0.3, -0.25) is 0 Å². The van der Waals surface area contributed by atoms with Crippen LogP contribution in [0.3, 0.4) is 0 Å². The quantitative estimate of drug-likeness (QED) is 0.571. The van der Waals surface area contributed by atoms with Gasteiger partial charge in [0.1, 0.15) is 11.9 Å². The van der Waals surface area contributed by atoms with Crippen molar-refractivity contribution in [3.8, 4) is 6.07 Å². The van der Waals surface area contributed by atoms with Gasteiger partial charge < -0.3 is 5.73 Å². The number of halogens is 1. The van der Waals surface area contributed by atoms with Crippen molar-refractivity contribution in [2.45, 2.75) is 0 Å². The van der Waals surface area contributed by atoms with Crippen molar-refractivity contribution < 1.29 is 4.39 Å². The predicted molar refractivity (Wildman–Crippen MR) is 33.3 cm³/mol. The third-order valence-electron chi connectivity index (χ3n) is 0.973. The Bertz CT molecular complexity index is 290. The highest BCUT2D eigenvalue weighted by atomic mass is 19.1. The highest BCUT2D eigenvalue weighted by molar-refractivity contribution is 5.34. The summed E-state index contributed by atoms with van der Waals surface area (Å²) in [4.78, 5) is 3.43. The first kappa shape index (κ1) is 6.49. The number of aromatic nitrogens is 1. The fourth-order valence-electron chi connectivity index (χ4n) is 0.536. The summed E-state index contributed by atoms with van der Waals surface area (Å²) in [6, 6.07) is 3.98. The molecule has 0 fully saturated rings. The number of nitrogens with two attached hydrogens (primary N) is 1. The summed E-state index contributed by atoms with van der Waals surface area (Å²) in [6.45, 7) is 0. The number of rotatable bonds is 0. The van der Waals surface area contributed by atoms with Crippen LogP contribution in [0.25, 0.3) is 0 Å². The van der Waals surface area contributed by atoms with Crippen LogP contribution >= 0.6 is 0 Å². The lowest BCUT2D eigenvalue weighted by Gasteiger charge is -1.92. The van der Waals surface area contributed by atoms with Crippen LogP contribution in [-0.2, 0) is 0 Å². The molecular weight excluding hydrogens is 133 g/mol. The zero-order chi connectivity index (χ0) is 7.56. The van der Waals surface area contributed by atoms with E-state index < -0.39 is 5.82 Å². The molecule has 0 aliphatic heterocycles. The lowest BCUT2D eigenvalue weighted by molar-refractivity contribution is 0.617. The standard InChI is InChI=1S/C6H4FN3/c7-4-1-2-6(9)10-5(4)3-8/h1-2H,(H2,9,10). The molecule has 0 saturated carbocycles. The molecule has 2 N–H and O–H groups in total. The molecule has 0 radical (unpaired) electrons.